The minimum atomic E-state index is -0.278. The van der Waals surface area contributed by atoms with Crippen molar-refractivity contribution in [3.05, 3.63) is 45.2 Å². The topological polar surface area (TPSA) is 38.9 Å². The van der Waals surface area contributed by atoms with E-state index in [9.17, 15) is 4.39 Å². The highest BCUT2D eigenvalue weighted by atomic mass is 35.5. The van der Waals surface area contributed by atoms with Gasteiger partial charge in [-0.1, -0.05) is 18.5 Å². The zero-order valence-corrected chi connectivity index (χ0v) is 10.9. The molecular weight excluding hydrogens is 259 g/mol. The Hall–Kier alpha value is -1.13. The Kier molecular flexibility index (Phi) is 3.64. The molecule has 0 spiro atoms. The Morgan fingerprint density at radius 2 is 2.24 bits per heavy atom. The Labute approximate surface area is 108 Å². The summed E-state index contributed by atoms with van der Waals surface area (Å²) in [4.78, 5) is 5.29. The number of aryl methyl sites for hydroxylation is 1. The smallest absolute Gasteiger partial charge is 0.180 e. The first-order valence-electron chi connectivity index (χ1n) is 5.28. The van der Waals surface area contributed by atoms with E-state index in [1.165, 1.54) is 23.5 Å². The van der Waals surface area contributed by atoms with Crippen LogP contribution in [0.15, 0.2) is 18.2 Å². The van der Waals surface area contributed by atoms with E-state index in [2.05, 4.69) is 4.98 Å². The lowest BCUT2D eigenvalue weighted by Crippen LogP contribution is -1.93. The fraction of sp³-hybridized carbons (Fsp3) is 0.250. The number of hydrogen-bond donors (Lipinski definition) is 1. The number of nitrogens with zero attached hydrogens (tertiary/aromatic N) is 1. The minimum Gasteiger partial charge on any atom is -0.375 e. The van der Waals surface area contributed by atoms with E-state index >= 15 is 0 Å². The number of halogens is 2. The van der Waals surface area contributed by atoms with Crippen LogP contribution in [0.25, 0.3) is 0 Å². The quantitative estimate of drug-likeness (QED) is 0.924. The zero-order valence-electron chi connectivity index (χ0n) is 9.34. The van der Waals surface area contributed by atoms with Crippen LogP contribution < -0.4 is 5.73 Å². The maximum absolute atomic E-state index is 13.1. The molecule has 2 nitrogen and oxygen atoms in total. The number of nitrogens with two attached hydrogens (primary N) is 1. The Balaban J connectivity index is 2.33. The molecule has 0 atom stereocenters. The van der Waals surface area contributed by atoms with Crippen LogP contribution in [0.2, 0.25) is 5.02 Å². The number of rotatable bonds is 3. The van der Waals surface area contributed by atoms with E-state index in [0.29, 0.717) is 16.6 Å². The van der Waals surface area contributed by atoms with E-state index in [0.717, 1.165) is 22.6 Å². The Bertz CT molecular complexity index is 539. The highest BCUT2D eigenvalue weighted by molar-refractivity contribution is 7.15. The third kappa shape index (κ3) is 2.76. The monoisotopic (exact) mass is 270 g/mol. The minimum absolute atomic E-state index is 0.278. The summed E-state index contributed by atoms with van der Waals surface area (Å²) in [5, 5.41) is 1.12. The second-order valence-electron chi connectivity index (χ2n) is 3.69. The molecule has 0 aliphatic heterocycles. The molecule has 0 aliphatic rings. The fourth-order valence-corrected chi connectivity index (χ4v) is 2.80. The van der Waals surface area contributed by atoms with Gasteiger partial charge in [0.2, 0.25) is 0 Å². The summed E-state index contributed by atoms with van der Waals surface area (Å²) in [6.45, 7) is 2.02. The van der Waals surface area contributed by atoms with E-state index in [1.807, 2.05) is 6.92 Å². The van der Waals surface area contributed by atoms with Gasteiger partial charge in [0.15, 0.2) is 5.13 Å². The van der Waals surface area contributed by atoms with E-state index < -0.39 is 0 Å². The van der Waals surface area contributed by atoms with Crippen molar-refractivity contribution in [3.8, 4) is 0 Å². The van der Waals surface area contributed by atoms with Crippen LogP contribution in [0.1, 0.15) is 23.1 Å². The maximum atomic E-state index is 13.1. The van der Waals surface area contributed by atoms with Crippen LogP contribution in [-0.4, -0.2) is 4.98 Å². The summed E-state index contributed by atoms with van der Waals surface area (Å²) in [6.07, 6.45) is 1.39. The van der Waals surface area contributed by atoms with Crippen molar-refractivity contribution in [2.75, 3.05) is 5.73 Å². The van der Waals surface area contributed by atoms with E-state index in [-0.39, 0.29) is 5.82 Å². The zero-order chi connectivity index (χ0) is 12.4. The lowest BCUT2D eigenvalue weighted by Gasteiger charge is -2.03. The molecule has 2 N–H and O–H groups in total. The first kappa shape index (κ1) is 12.3. The van der Waals surface area contributed by atoms with Gasteiger partial charge in [0.05, 0.1) is 5.69 Å². The average molecular weight is 271 g/mol. The van der Waals surface area contributed by atoms with Crippen LogP contribution >= 0.6 is 22.9 Å². The Morgan fingerprint density at radius 1 is 1.47 bits per heavy atom. The van der Waals surface area contributed by atoms with Gasteiger partial charge in [0.25, 0.3) is 0 Å². The van der Waals surface area contributed by atoms with Crippen molar-refractivity contribution in [2.45, 2.75) is 19.8 Å². The molecule has 90 valence electrons. The van der Waals surface area contributed by atoms with Crippen LogP contribution in [0.3, 0.4) is 0 Å². The van der Waals surface area contributed by atoms with Crippen molar-refractivity contribution < 1.29 is 4.39 Å². The number of hydrogen-bond acceptors (Lipinski definition) is 3. The molecule has 2 aromatic rings. The molecule has 0 aliphatic carbocycles. The highest BCUT2D eigenvalue weighted by Crippen LogP contribution is 2.27. The lowest BCUT2D eigenvalue weighted by molar-refractivity contribution is 0.626. The molecule has 0 saturated carbocycles. The van der Waals surface area contributed by atoms with Gasteiger partial charge < -0.3 is 5.73 Å². The molecule has 1 heterocycles. The van der Waals surface area contributed by atoms with Gasteiger partial charge >= 0.3 is 0 Å². The van der Waals surface area contributed by atoms with Crippen molar-refractivity contribution in [2.24, 2.45) is 0 Å². The maximum Gasteiger partial charge on any atom is 0.180 e. The first-order valence-corrected chi connectivity index (χ1v) is 6.47. The molecule has 0 radical (unpaired) electrons. The molecule has 0 saturated heterocycles. The average Bonchev–Trinajstić information content (AvgIpc) is 2.64. The number of benzene rings is 1. The molecule has 2 rings (SSSR count). The summed E-state index contributed by atoms with van der Waals surface area (Å²) in [7, 11) is 0. The third-order valence-electron chi connectivity index (χ3n) is 2.49. The third-order valence-corrected chi connectivity index (χ3v) is 3.78. The first-order chi connectivity index (χ1) is 8.10. The molecule has 17 heavy (non-hydrogen) atoms. The molecule has 1 aromatic carbocycles. The molecule has 5 heteroatoms. The number of anilines is 1. The normalized spacial score (nSPS) is 10.8. The van der Waals surface area contributed by atoms with E-state index in [4.69, 9.17) is 17.3 Å². The van der Waals surface area contributed by atoms with Crippen molar-refractivity contribution >= 4 is 28.1 Å². The van der Waals surface area contributed by atoms with Crippen LogP contribution in [-0.2, 0) is 12.8 Å². The summed E-state index contributed by atoms with van der Waals surface area (Å²) >= 11 is 7.47. The predicted molar refractivity (Wildman–Crippen MR) is 70.1 cm³/mol. The van der Waals surface area contributed by atoms with Gasteiger partial charge in [-0.3, -0.25) is 0 Å². The van der Waals surface area contributed by atoms with Gasteiger partial charge in [-0.2, -0.15) is 0 Å². The standard InChI is InChI=1S/C12H12ClFN2S/c1-2-10-11(17-12(15)16-10)6-7-5-8(14)3-4-9(7)13/h3-5H,2,6H2,1H3,(H2,15,16). The van der Waals surface area contributed by atoms with Gasteiger partial charge in [0, 0.05) is 16.3 Å². The SMILES string of the molecule is CCc1nc(N)sc1Cc1cc(F)ccc1Cl. The second kappa shape index (κ2) is 5.02. The van der Waals surface area contributed by atoms with E-state index in [1.54, 1.807) is 6.07 Å². The fourth-order valence-electron chi connectivity index (χ4n) is 1.67. The van der Waals surface area contributed by atoms with Crippen molar-refractivity contribution in [1.82, 2.24) is 4.98 Å². The van der Waals surface area contributed by atoms with Crippen LogP contribution in [0.5, 0.6) is 0 Å². The van der Waals surface area contributed by atoms with Gasteiger partial charge in [-0.15, -0.1) is 11.3 Å². The van der Waals surface area contributed by atoms with Gasteiger partial charge in [-0.25, -0.2) is 9.37 Å². The summed E-state index contributed by atoms with van der Waals surface area (Å²) in [5.41, 5.74) is 7.41. The molecule has 0 unspecified atom stereocenters. The number of thiazole rings is 1. The molecule has 0 fully saturated rings. The molecule has 0 bridgehead atoms. The Morgan fingerprint density at radius 3 is 2.94 bits per heavy atom. The molecule has 0 amide bonds. The van der Waals surface area contributed by atoms with Crippen LogP contribution in [0, 0.1) is 5.82 Å². The molecule has 1 aromatic heterocycles. The number of aromatic nitrogens is 1. The van der Waals surface area contributed by atoms with Crippen molar-refractivity contribution in [1.29, 1.82) is 0 Å². The van der Waals surface area contributed by atoms with Crippen molar-refractivity contribution in [3.63, 3.8) is 0 Å². The largest absolute Gasteiger partial charge is 0.375 e. The second-order valence-corrected chi connectivity index (χ2v) is 5.21. The summed E-state index contributed by atoms with van der Waals surface area (Å²) in [5.74, 6) is -0.278. The number of nitrogen functional groups attached to an aromatic ring is 1. The van der Waals surface area contributed by atoms with Crippen LogP contribution in [0.4, 0.5) is 9.52 Å². The lowest BCUT2D eigenvalue weighted by atomic mass is 10.1. The summed E-state index contributed by atoms with van der Waals surface area (Å²) < 4.78 is 13.1. The summed E-state index contributed by atoms with van der Waals surface area (Å²) in [6, 6.07) is 4.38. The van der Waals surface area contributed by atoms with Gasteiger partial charge in [-0.05, 0) is 30.2 Å². The molecular formula is C12H12ClFN2S. The van der Waals surface area contributed by atoms with Gasteiger partial charge in [0.1, 0.15) is 5.82 Å². The predicted octanol–water partition coefficient (Wildman–Crippen LogP) is 3.67. The highest BCUT2D eigenvalue weighted by Gasteiger charge is 2.11.